The molecule has 1 atom stereocenters. The molecule has 4 nitrogen and oxygen atoms in total. The molecule has 1 aliphatic rings. The predicted octanol–water partition coefficient (Wildman–Crippen LogP) is 3.97. The van der Waals surface area contributed by atoms with Crippen LogP contribution in [0.2, 0.25) is 0 Å². The monoisotopic (exact) mass is 303 g/mol. The fourth-order valence-electron chi connectivity index (χ4n) is 2.65. The van der Waals surface area contributed by atoms with E-state index in [2.05, 4.69) is 0 Å². The van der Waals surface area contributed by atoms with E-state index in [1.807, 2.05) is 52.0 Å². The summed E-state index contributed by atoms with van der Waals surface area (Å²) in [5.74, 6) is 0.00515. The van der Waals surface area contributed by atoms with Gasteiger partial charge in [0.2, 0.25) is 0 Å². The Morgan fingerprint density at radius 2 is 1.77 bits per heavy atom. The first-order valence-corrected chi connectivity index (χ1v) is 7.88. The molecule has 2 rings (SSSR count). The lowest BCUT2D eigenvalue weighted by molar-refractivity contribution is 0.0105. The highest BCUT2D eigenvalue weighted by molar-refractivity contribution is 6.01. The van der Waals surface area contributed by atoms with E-state index in [0.29, 0.717) is 18.5 Å². The highest BCUT2D eigenvalue weighted by Gasteiger charge is 2.35. The summed E-state index contributed by atoms with van der Waals surface area (Å²) in [6.45, 7) is 8.09. The van der Waals surface area contributed by atoms with Gasteiger partial charge in [-0.15, -0.1) is 0 Å². The molecule has 1 aliphatic heterocycles. The minimum absolute atomic E-state index is 0.00515. The van der Waals surface area contributed by atoms with Crippen molar-refractivity contribution in [2.45, 2.75) is 58.6 Å². The predicted molar refractivity (Wildman–Crippen MR) is 86.1 cm³/mol. The molecule has 1 amide bonds. The van der Waals surface area contributed by atoms with E-state index >= 15 is 0 Å². The van der Waals surface area contributed by atoms with Gasteiger partial charge < -0.3 is 4.74 Å². The number of hydrogen-bond acceptors (Lipinski definition) is 3. The molecule has 0 saturated carbocycles. The number of carbonyl (C=O) groups excluding carboxylic acids is 2. The van der Waals surface area contributed by atoms with Crippen molar-refractivity contribution in [2.75, 3.05) is 6.54 Å². The largest absolute Gasteiger partial charge is 0.444 e. The second-order valence-corrected chi connectivity index (χ2v) is 6.92. The van der Waals surface area contributed by atoms with Crippen LogP contribution in [-0.4, -0.2) is 35.0 Å². The second kappa shape index (κ2) is 6.51. The molecule has 1 heterocycles. The van der Waals surface area contributed by atoms with Crippen LogP contribution < -0.4 is 0 Å². The number of ketones is 1. The molecule has 4 heteroatoms. The summed E-state index contributed by atoms with van der Waals surface area (Å²) in [4.78, 5) is 26.7. The zero-order chi connectivity index (χ0) is 16.3. The van der Waals surface area contributed by atoms with Crippen LogP contribution in [-0.2, 0) is 4.74 Å². The summed E-state index contributed by atoms with van der Waals surface area (Å²) >= 11 is 0. The van der Waals surface area contributed by atoms with Crippen LogP contribution in [0.3, 0.4) is 0 Å². The van der Waals surface area contributed by atoms with Gasteiger partial charge in [-0.3, -0.25) is 9.69 Å². The quantitative estimate of drug-likeness (QED) is 0.777. The van der Waals surface area contributed by atoms with Crippen molar-refractivity contribution in [1.29, 1.82) is 0 Å². The summed E-state index contributed by atoms with van der Waals surface area (Å²) in [6, 6.07) is 7.10. The molecule has 1 aromatic carbocycles. The number of carbonyl (C=O) groups is 2. The van der Waals surface area contributed by atoms with Crippen LogP contribution in [0.25, 0.3) is 0 Å². The molecule has 1 aromatic rings. The molecule has 1 unspecified atom stereocenters. The normalized spacial score (nSPS) is 18.9. The van der Waals surface area contributed by atoms with Gasteiger partial charge in [0.15, 0.2) is 5.78 Å². The lowest BCUT2D eigenvalue weighted by Gasteiger charge is -2.35. The summed E-state index contributed by atoms with van der Waals surface area (Å²) in [5.41, 5.74) is 1.22. The lowest BCUT2D eigenvalue weighted by atomic mass is 9.94. The Balaban J connectivity index is 2.17. The van der Waals surface area contributed by atoms with Crippen LogP contribution >= 0.6 is 0 Å². The molecular weight excluding hydrogens is 278 g/mol. The minimum atomic E-state index is -0.550. The van der Waals surface area contributed by atoms with Gasteiger partial charge in [0.25, 0.3) is 0 Å². The van der Waals surface area contributed by atoms with E-state index < -0.39 is 17.7 Å². The van der Waals surface area contributed by atoms with E-state index in [-0.39, 0.29) is 5.78 Å². The van der Waals surface area contributed by atoms with Crippen molar-refractivity contribution >= 4 is 11.9 Å². The second-order valence-electron chi connectivity index (χ2n) is 6.92. The Hall–Kier alpha value is -1.84. The first-order chi connectivity index (χ1) is 10.3. The Morgan fingerprint density at radius 1 is 1.14 bits per heavy atom. The first-order valence-electron chi connectivity index (χ1n) is 7.88. The Kier molecular flexibility index (Phi) is 4.89. The summed E-state index contributed by atoms with van der Waals surface area (Å²) in [6.07, 6.45) is 2.18. The number of likely N-dealkylation sites (tertiary alicyclic amines) is 1. The van der Waals surface area contributed by atoms with Crippen molar-refractivity contribution in [3.8, 4) is 0 Å². The van der Waals surface area contributed by atoms with Crippen LogP contribution in [0, 0.1) is 6.92 Å². The fourth-order valence-corrected chi connectivity index (χ4v) is 2.65. The molecule has 120 valence electrons. The number of Topliss-reactive ketones (excluding diaryl/α,β-unsaturated/α-hetero) is 1. The number of piperidine rings is 1. The van der Waals surface area contributed by atoms with Crippen LogP contribution in [0.15, 0.2) is 24.3 Å². The average Bonchev–Trinajstić information content (AvgIpc) is 2.45. The molecular formula is C18H25NO3. The first kappa shape index (κ1) is 16.5. The van der Waals surface area contributed by atoms with Gasteiger partial charge in [0.05, 0.1) is 6.04 Å². The maximum atomic E-state index is 12.7. The number of nitrogens with zero attached hydrogens (tertiary/aromatic N) is 1. The number of hydrogen-bond donors (Lipinski definition) is 0. The zero-order valence-corrected chi connectivity index (χ0v) is 13.9. The number of ether oxygens (including phenoxy) is 1. The van der Waals surface area contributed by atoms with Gasteiger partial charge in [-0.2, -0.15) is 0 Å². The Bertz CT molecular complexity index is 542. The van der Waals surface area contributed by atoms with E-state index in [1.54, 1.807) is 4.90 Å². The Morgan fingerprint density at radius 3 is 2.36 bits per heavy atom. The van der Waals surface area contributed by atoms with Gasteiger partial charge in [-0.05, 0) is 47.0 Å². The lowest BCUT2D eigenvalue weighted by Crippen LogP contribution is -2.49. The molecule has 0 radical (unpaired) electrons. The summed E-state index contributed by atoms with van der Waals surface area (Å²) in [5, 5.41) is 0. The fraction of sp³-hybridized carbons (Fsp3) is 0.556. The smallest absolute Gasteiger partial charge is 0.410 e. The van der Waals surface area contributed by atoms with Crippen molar-refractivity contribution in [3.05, 3.63) is 35.4 Å². The van der Waals surface area contributed by atoms with Gasteiger partial charge in [0, 0.05) is 12.1 Å². The molecule has 0 bridgehead atoms. The van der Waals surface area contributed by atoms with Crippen LogP contribution in [0.1, 0.15) is 56.0 Å². The number of aryl methyl sites for hydroxylation is 1. The Labute approximate surface area is 132 Å². The number of benzene rings is 1. The van der Waals surface area contributed by atoms with Crippen LogP contribution in [0.4, 0.5) is 4.79 Å². The summed E-state index contributed by atoms with van der Waals surface area (Å²) < 4.78 is 5.45. The van der Waals surface area contributed by atoms with Crippen molar-refractivity contribution in [1.82, 2.24) is 4.90 Å². The number of amides is 1. The van der Waals surface area contributed by atoms with E-state index in [0.717, 1.165) is 18.4 Å². The van der Waals surface area contributed by atoms with Crippen molar-refractivity contribution in [2.24, 2.45) is 0 Å². The van der Waals surface area contributed by atoms with Gasteiger partial charge >= 0.3 is 6.09 Å². The topological polar surface area (TPSA) is 46.6 Å². The van der Waals surface area contributed by atoms with Gasteiger partial charge in [-0.1, -0.05) is 29.8 Å². The van der Waals surface area contributed by atoms with Gasteiger partial charge in [-0.25, -0.2) is 4.79 Å². The van der Waals surface area contributed by atoms with Crippen molar-refractivity contribution in [3.63, 3.8) is 0 Å². The maximum Gasteiger partial charge on any atom is 0.410 e. The summed E-state index contributed by atoms with van der Waals surface area (Å²) in [7, 11) is 0. The van der Waals surface area contributed by atoms with E-state index in [4.69, 9.17) is 4.74 Å². The van der Waals surface area contributed by atoms with Crippen molar-refractivity contribution < 1.29 is 14.3 Å². The number of rotatable bonds is 2. The van der Waals surface area contributed by atoms with E-state index in [1.165, 1.54) is 0 Å². The highest BCUT2D eigenvalue weighted by atomic mass is 16.6. The molecule has 0 aliphatic carbocycles. The van der Waals surface area contributed by atoms with Gasteiger partial charge in [0.1, 0.15) is 5.60 Å². The zero-order valence-electron chi connectivity index (χ0n) is 13.9. The van der Waals surface area contributed by atoms with E-state index in [9.17, 15) is 9.59 Å². The average molecular weight is 303 g/mol. The third-order valence-electron chi connectivity index (χ3n) is 3.77. The molecule has 1 fully saturated rings. The molecule has 1 saturated heterocycles. The SMILES string of the molecule is Cc1ccc(C(=O)C2CCCCN2C(=O)OC(C)(C)C)cc1. The maximum absolute atomic E-state index is 12.7. The molecule has 0 spiro atoms. The third kappa shape index (κ3) is 4.09. The molecule has 0 N–H and O–H groups in total. The van der Waals surface area contributed by atoms with Crippen LogP contribution in [0.5, 0.6) is 0 Å². The molecule has 0 aromatic heterocycles. The minimum Gasteiger partial charge on any atom is -0.444 e. The standard InChI is InChI=1S/C18H25NO3/c1-13-8-10-14(11-9-13)16(20)15-7-5-6-12-19(15)17(21)22-18(2,3)4/h8-11,15H,5-7,12H2,1-4H3. The third-order valence-corrected chi connectivity index (χ3v) is 3.77. The highest BCUT2D eigenvalue weighted by Crippen LogP contribution is 2.23. The molecule has 22 heavy (non-hydrogen) atoms.